The summed E-state index contributed by atoms with van der Waals surface area (Å²) in [5, 5.41) is 3.47. The van der Waals surface area contributed by atoms with E-state index in [1.165, 1.54) is 71.5 Å². The van der Waals surface area contributed by atoms with Gasteiger partial charge in [-0.1, -0.05) is 0 Å². The van der Waals surface area contributed by atoms with Gasteiger partial charge < -0.3 is 10.2 Å². The minimum absolute atomic E-state index is 0.725. The van der Waals surface area contributed by atoms with Crippen LogP contribution in [-0.2, 0) is 0 Å². The normalized spacial score (nSPS) is 29.8. The molecule has 3 rings (SSSR count). The van der Waals surface area contributed by atoms with Crippen LogP contribution in [-0.4, -0.2) is 61.7 Å². The predicted molar refractivity (Wildman–Crippen MR) is 80.4 cm³/mol. The number of rotatable bonds is 3. The van der Waals surface area contributed by atoms with Gasteiger partial charge >= 0.3 is 0 Å². The summed E-state index contributed by atoms with van der Waals surface area (Å²) in [6, 6.07) is 0.725. The molecule has 3 fully saturated rings. The quantitative estimate of drug-likeness (QED) is 0.839. The lowest BCUT2D eigenvalue weighted by Crippen LogP contribution is -2.55. The van der Waals surface area contributed by atoms with Gasteiger partial charge in [0.25, 0.3) is 0 Å². The first-order chi connectivity index (χ1) is 9.17. The highest BCUT2D eigenvalue weighted by Gasteiger charge is 2.40. The van der Waals surface area contributed by atoms with Gasteiger partial charge in [-0.25, -0.2) is 0 Å². The van der Waals surface area contributed by atoms with Gasteiger partial charge in [-0.05, 0) is 50.9 Å². The zero-order valence-corrected chi connectivity index (χ0v) is 12.8. The molecule has 0 aromatic heterocycles. The topological polar surface area (TPSA) is 18.5 Å². The molecular formula is C16H31N3. The Labute approximate surface area is 118 Å². The molecule has 0 aromatic rings. The summed E-state index contributed by atoms with van der Waals surface area (Å²) in [5.74, 6) is 0.983. The molecule has 2 saturated heterocycles. The van der Waals surface area contributed by atoms with Gasteiger partial charge in [-0.2, -0.15) is 0 Å². The third-order valence-corrected chi connectivity index (χ3v) is 5.82. The average Bonchev–Trinajstić information content (AvgIpc) is 2.38. The van der Waals surface area contributed by atoms with Crippen LogP contribution in [0.2, 0.25) is 0 Å². The zero-order valence-electron chi connectivity index (χ0n) is 12.8. The van der Waals surface area contributed by atoms with Gasteiger partial charge in [0.15, 0.2) is 0 Å². The number of hydrogen-bond acceptors (Lipinski definition) is 3. The zero-order chi connectivity index (χ0) is 13.3. The summed E-state index contributed by atoms with van der Waals surface area (Å²) in [4.78, 5) is 5.34. The van der Waals surface area contributed by atoms with Crippen LogP contribution in [0.15, 0.2) is 0 Å². The Balaban J connectivity index is 1.39. The Hall–Kier alpha value is -0.120. The molecule has 1 saturated carbocycles. The third kappa shape index (κ3) is 3.14. The van der Waals surface area contributed by atoms with Gasteiger partial charge in [0.1, 0.15) is 0 Å². The van der Waals surface area contributed by atoms with E-state index in [0.29, 0.717) is 0 Å². The molecule has 110 valence electrons. The van der Waals surface area contributed by atoms with Crippen molar-refractivity contribution in [3.05, 3.63) is 0 Å². The van der Waals surface area contributed by atoms with E-state index in [1.807, 2.05) is 0 Å². The minimum Gasteiger partial charge on any atom is -0.316 e. The van der Waals surface area contributed by atoms with Crippen LogP contribution in [0.3, 0.4) is 0 Å². The smallest absolute Gasteiger partial charge is 0.0113 e. The lowest BCUT2D eigenvalue weighted by atomic mass is 9.67. The van der Waals surface area contributed by atoms with Crippen molar-refractivity contribution in [2.24, 2.45) is 11.3 Å². The Bertz CT molecular complexity index is 280. The van der Waals surface area contributed by atoms with Crippen molar-refractivity contribution < 1.29 is 0 Å². The summed E-state index contributed by atoms with van der Waals surface area (Å²) >= 11 is 0. The summed E-state index contributed by atoms with van der Waals surface area (Å²) in [6.07, 6.45) is 5.92. The molecule has 3 aliphatic rings. The molecule has 0 bridgehead atoms. The minimum atomic E-state index is 0.725. The Morgan fingerprint density at radius 2 is 1.68 bits per heavy atom. The van der Waals surface area contributed by atoms with E-state index in [-0.39, 0.29) is 0 Å². The summed E-state index contributed by atoms with van der Waals surface area (Å²) in [6.45, 7) is 13.8. The average molecular weight is 265 g/mol. The van der Waals surface area contributed by atoms with E-state index in [1.54, 1.807) is 0 Å². The van der Waals surface area contributed by atoms with Gasteiger partial charge in [-0.15, -0.1) is 0 Å². The van der Waals surface area contributed by atoms with Crippen LogP contribution in [0, 0.1) is 11.3 Å². The molecule has 2 aliphatic heterocycles. The molecule has 3 heteroatoms. The van der Waals surface area contributed by atoms with Crippen molar-refractivity contribution in [2.45, 2.75) is 45.6 Å². The van der Waals surface area contributed by atoms with Crippen LogP contribution in [0.25, 0.3) is 0 Å². The third-order valence-electron chi connectivity index (χ3n) is 5.82. The first kappa shape index (κ1) is 13.8. The van der Waals surface area contributed by atoms with Gasteiger partial charge in [0.2, 0.25) is 0 Å². The maximum atomic E-state index is 3.47. The molecule has 0 atom stereocenters. The highest BCUT2D eigenvalue weighted by atomic mass is 15.3. The Kier molecular flexibility index (Phi) is 4.16. The fourth-order valence-electron chi connectivity index (χ4n) is 4.13. The number of nitrogens with zero attached hydrogens (tertiary/aromatic N) is 2. The maximum Gasteiger partial charge on any atom is 0.0113 e. The second-order valence-corrected chi connectivity index (χ2v) is 7.48. The van der Waals surface area contributed by atoms with Crippen LogP contribution < -0.4 is 5.32 Å². The van der Waals surface area contributed by atoms with Crippen LogP contribution >= 0.6 is 0 Å². The fraction of sp³-hybridized carbons (Fsp3) is 1.00. The first-order valence-electron chi connectivity index (χ1n) is 8.34. The van der Waals surface area contributed by atoms with E-state index in [2.05, 4.69) is 29.0 Å². The molecule has 1 aliphatic carbocycles. The van der Waals surface area contributed by atoms with Crippen LogP contribution in [0.5, 0.6) is 0 Å². The summed E-state index contributed by atoms with van der Waals surface area (Å²) in [5.41, 5.74) is 0.729. The summed E-state index contributed by atoms with van der Waals surface area (Å²) < 4.78 is 0. The highest BCUT2D eigenvalue weighted by molar-refractivity contribution is 4.96. The Morgan fingerprint density at radius 3 is 2.16 bits per heavy atom. The van der Waals surface area contributed by atoms with Gasteiger partial charge in [-0.3, -0.25) is 4.90 Å². The molecule has 1 spiro atoms. The van der Waals surface area contributed by atoms with Crippen LogP contribution in [0.4, 0.5) is 0 Å². The summed E-state index contributed by atoms with van der Waals surface area (Å²) in [7, 11) is 0. The number of nitrogens with one attached hydrogen (secondary N) is 1. The lowest BCUT2D eigenvalue weighted by Gasteiger charge is -2.48. The first-order valence-corrected chi connectivity index (χ1v) is 8.34. The molecular weight excluding hydrogens is 234 g/mol. The highest BCUT2D eigenvalue weighted by Crippen LogP contribution is 2.41. The monoisotopic (exact) mass is 265 g/mol. The molecule has 19 heavy (non-hydrogen) atoms. The fourth-order valence-corrected chi connectivity index (χ4v) is 4.13. The second kappa shape index (κ2) is 5.71. The lowest BCUT2D eigenvalue weighted by molar-refractivity contribution is 0.0514. The molecule has 0 unspecified atom stereocenters. The van der Waals surface area contributed by atoms with Crippen molar-refractivity contribution in [1.29, 1.82) is 0 Å². The predicted octanol–water partition coefficient (Wildman–Crippen LogP) is 1.79. The maximum absolute atomic E-state index is 3.47. The molecule has 0 radical (unpaired) electrons. The molecule has 2 heterocycles. The standard InChI is InChI=1S/C16H31N3/c1-14(2)19-9-7-18(8-10-19)11-15-3-5-16(6-4-15)12-17-13-16/h14-15,17H,3-13H2,1-2H3. The molecule has 0 aromatic carbocycles. The van der Waals surface area contributed by atoms with Gasteiger partial charge in [0, 0.05) is 51.9 Å². The van der Waals surface area contributed by atoms with E-state index < -0.39 is 0 Å². The second-order valence-electron chi connectivity index (χ2n) is 7.48. The van der Waals surface area contributed by atoms with E-state index in [9.17, 15) is 0 Å². The van der Waals surface area contributed by atoms with Crippen molar-refractivity contribution in [1.82, 2.24) is 15.1 Å². The van der Waals surface area contributed by atoms with Crippen LogP contribution in [0.1, 0.15) is 39.5 Å². The SMILES string of the molecule is CC(C)N1CCN(CC2CCC3(CC2)CNC3)CC1. The number of piperazine rings is 1. The van der Waals surface area contributed by atoms with Crippen molar-refractivity contribution in [3.8, 4) is 0 Å². The molecule has 1 N–H and O–H groups in total. The largest absolute Gasteiger partial charge is 0.316 e. The van der Waals surface area contributed by atoms with Crippen molar-refractivity contribution in [3.63, 3.8) is 0 Å². The van der Waals surface area contributed by atoms with E-state index >= 15 is 0 Å². The van der Waals surface area contributed by atoms with Crippen molar-refractivity contribution >= 4 is 0 Å². The van der Waals surface area contributed by atoms with Crippen molar-refractivity contribution in [2.75, 3.05) is 45.8 Å². The molecule has 0 amide bonds. The Morgan fingerprint density at radius 1 is 1.05 bits per heavy atom. The van der Waals surface area contributed by atoms with Gasteiger partial charge in [0.05, 0.1) is 0 Å². The number of hydrogen-bond donors (Lipinski definition) is 1. The van der Waals surface area contributed by atoms with E-state index in [4.69, 9.17) is 0 Å². The molecule has 3 nitrogen and oxygen atoms in total. The van der Waals surface area contributed by atoms with E-state index in [0.717, 1.165) is 17.4 Å².